The maximum absolute atomic E-state index is 11.5. The molecule has 0 aliphatic carbocycles. The first-order valence-corrected chi connectivity index (χ1v) is 6.34. The van der Waals surface area contributed by atoms with E-state index in [-0.39, 0.29) is 10.7 Å². The molecule has 0 fully saturated rings. The van der Waals surface area contributed by atoms with Gasteiger partial charge in [-0.2, -0.15) is 8.75 Å². The minimum atomic E-state index is -1.15. The highest BCUT2D eigenvalue weighted by atomic mass is 35.5. The molecule has 2 aromatic rings. The molecule has 0 atom stereocenters. The van der Waals surface area contributed by atoms with E-state index >= 15 is 0 Å². The fourth-order valence-electron chi connectivity index (χ4n) is 1.31. The summed E-state index contributed by atoms with van der Waals surface area (Å²) in [5.41, 5.74) is 1.01. The zero-order valence-electron chi connectivity index (χ0n) is 9.11. The SMILES string of the molecule is O=C(O)CNC(=O)Nc1c(Cl)cc(Cl)c2nsnc12. The molecule has 0 saturated heterocycles. The maximum atomic E-state index is 11.5. The summed E-state index contributed by atoms with van der Waals surface area (Å²) in [4.78, 5) is 21.8. The first-order valence-electron chi connectivity index (χ1n) is 4.86. The number of hydrogen-bond acceptors (Lipinski definition) is 5. The second-order valence-electron chi connectivity index (χ2n) is 3.38. The third kappa shape index (κ3) is 3.03. The van der Waals surface area contributed by atoms with Gasteiger partial charge < -0.3 is 15.7 Å². The number of carbonyl (C=O) groups excluding carboxylic acids is 1. The lowest BCUT2D eigenvalue weighted by Crippen LogP contribution is -2.33. The van der Waals surface area contributed by atoms with Crippen molar-refractivity contribution in [2.24, 2.45) is 0 Å². The normalized spacial score (nSPS) is 10.4. The molecule has 2 amide bonds. The topological polar surface area (TPSA) is 104 Å². The van der Waals surface area contributed by atoms with Gasteiger partial charge in [-0.15, -0.1) is 0 Å². The lowest BCUT2D eigenvalue weighted by Gasteiger charge is -2.08. The highest BCUT2D eigenvalue weighted by molar-refractivity contribution is 7.00. The summed E-state index contributed by atoms with van der Waals surface area (Å²) in [5.74, 6) is -1.15. The van der Waals surface area contributed by atoms with E-state index in [1.165, 1.54) is 6.07 Å². The van der Waals surface area contributed by atoms with E-state index in [0.29, 0.717) is 16.1 Å². The van der Waals surface area contributed by atoms with Crippen LogP contribution >= 0.6 is 34.9 Å². The van der Waals surface area contributed by atoms with Crippen molar-refractivity contribution in [1.29, 1.82) is 0 Å². The first kappa shape index (κ1) is 13.8. The Balaban J connectivity index is 2.27. The smallest absolute Gasteiger partial charge is 0.323 e. The number of rotatable bonds is 3. The molecule has 0 radical (unpaired) electrons. The molecule has 0 aliphatic heterocycles. The van der Waals surface area contributed by atoms with Gasteiger partial charge in [0.2, 0.25) is 0 Å². The molecule has 10 heteroatoms. The van der Waals surface area contributed by atoms with E-state index in [0.717, 1.165) is 11.7 Å². The number of carboxylic acids is 1. The summed E-state index contributed by atoms with van der Waals surface area (Å²) in [7, 11) is 0. The molecule has 0 aliphatic rings. The quantitative estimate of drug-likeness (QED) is 0.804. The number of benzene rings is 1. The predicted octanol–water partition coefficient (Wildman–Crippen LogP) is 2.20. The number of amides is 2. The minimum Gasteiger partial charge on any atom is -0.480 e. The van der Waals surface area contributed by atoms with Crippen LogP contribution in [0, 0.1) is 0 Å². The number of urea groups is 1. The van der Waals surface area contributed by atoms with Crippen molar-refractivity contribution >= 4 is 63.7 Å². The molecule has 7 nitrogen and oxygen atoms in total. The number of nitrogens with one attached hydrogen (secondary N) is 2. The third-order valence-electron chi connectivity index (χ3n) is 2.08. The van der Waals surface area contributed by atoms with Crippen molar-refractivity contribution in [3.8, 4) is 0 Å². The molecule has 0 saturated carbocycles. The molecule has 0 spiro atoms. The van der Waals surface area contributed by atoms with Crippen molar-refractivity contribution in [3.63, 3.8) is 0 Å². The predicted molar refractivity (Wildman–Crippen MR) is 72.1 cm³/mol. The summed E-state index contributed by atoms with van der Waals surface area (Å²) in [5, 5.41) is 13.5. The van der Waals surface area contributed by atoms with Gasteiger partial charge in [0.1, 0.15) is 17.6 Å². The lowest BCUT2D eigenvalue weighted by molar-refractivity contribution is -0.135. The van der Waals surface area contributed by atoms with Gasteiger partial charge in [-0.1, -0.05) is 23.2 Å². The van der Waals surface area contributed by atoms with Gasteiger partial charge in [-0.25, -0.2) is 4.79 Å². The maximum Gasteiger partial charge on any atom is 0.323 e. The van der Waals surface area contributed by atoms with E-state index in [4.69, 9.17) is 28.3 Å². The molecule has 1 aromatic carbocycles. The average Bonchev–Trinajstić information content (AvgIpc) is 2.81. The van der Waals surface area contributed by atoms with E-state index in [1.54, 1.807) is 0 Å². The average molecular weight is 321 g/mol. The number of anilines is 1. The first-order chi connectivity index (χ1) is 8.99. The van der Waals surface area contributed by atoms with Crippen LogP contribution in [-0.4, -0.2) is 32.4 Å². The number of fused-ring (bicyclic) bond motifs is 1. The molecule has 3 N–H and O–H groups in total. The molecule has 1 heterocycles. The van der Waals surface area contributed by atoms with Crippen molar-refractivity contribution in [2.45, 2.75) is 0 Å². The Hall–Kier alpha value is -1.64. The Bertz CT molecular complexity index is 660. The summed E-state index contributed by atoms with van der Waals surface area (Å²) in [6.45, 7) is -0.504. The number of nitrogens with zero attached hydrogens (tertiary/aromatic N) is 2. The largest absolute Gasteiger partial charge is 0.480 e. The zero-order valence-corrected chi connectivity index (χ0v) is 11.4. The molecular formula is C9H6Cl2N4O3S. The van der Waals surface area contributed by atoms with Crippen molar-refractivity contribution in [2.75, 3.05) is 11.9 Å². The molecule has 0 bridgehead atoms. The van der Waals surface area contributed by atoms with Crippen LogP contribution in [0.2, 0.25) is 10.0 Å². The van der Waals surface area contributed by atoms with Crippen molar-refractivity contribution in [1.82, 2.24) is 14.1 Å². The third-order valence-corrected chi connectivity index (χ3v) is 3.20. The molecular weight excluding hydrogens is 315 g/mol. The van der Waals surface area contributed by atoms with E-state index in [9.17, 15) is 9.59 Å². The van der Waals surface area contributed by atoms with Crippen molar-refractivity contribution < 1.29 is 14.7 Å². The Labute approximate surface area is 120 Å². The number of hydrogen-bond donors (Lipinski definition) is 3. The Morgan fingerprint density at radius 2 is 1.95 bits per heavy atom. The van der Waals surface area contributed by atoms with Gasteiger partial charge in [0.25, 0.3) is 0 Å². The van der Waals surface area contributed by atoms with E-state index < -0.39 is 18.5 Å². The van der Waals surface area contributed by atoms with Crippen LogP contribution in [-0.2, 0) is 4.79 Å². The van der Waals surface area contributed by atoms with Crippen LogP contribution in [0.5, 0.6) is 0 Å². The monoisotopic (exact) mass is 320 g/mol. The number of carboxylic acid groups (broad SMARTS) is 1. The van der Waals surface area contributed by atoms with Crippen LogP contribution in [0.15, 0.2) is 6.07 Å². The van der Waals surface area contributed by atoms with Gasteiger partial charge in [0.15, 0.2) is 0 Å². The van der Waals surface area contributed by atoms with Gasteiger partial charge >= 0.3 is 12.0 Å². The highest BCUT2D eigenvalue weighted by Crippen LogP contribution is 2.35. The van der Waals surface area contributed by atoms with Crippen LogP contribution in [0.1, 0.15) is 0 Å². The fourth-order valence-corrected chi connectivity index (χ4v) is 2.47. The zero-order chi connectivity index (χ0) is 14.0. The van der Waals surface area contributed by atoms with Gasteiger partial charge in [-0.3, -0.25) is 4.79 Å². The lowest BCUT2D eigenvalue weighted by atomic mass is 10.2. The molecule has 100 valence electrons. The van der Waals surface area contributed by atoms with E-state index in [1.807, 2.05) is 0 Å². The summed E-state index contributed by atoms with van der Waals surface area (Å²) in [6, 6.07) is 0.723. The molecule has 1 aromatic heterocycles. The van der Waals surface area contributed by atoms with Crippen molar-refractivity contribution in [3.05, 3.63) is 16.1 Å². The molecule has 2 rings (SSSR count). The summed E-state index contributed by atoms with van der Waals surface area (Å²) < 4.78 is 7.97. The number of halogens is 2. The Morgan fingerprint density at radius 3 is 2.63 bits per heavy atom. The van der Waals surface area contributed by atoms with Gasteiger partial charge in [0, 0.05) is 0 Å². The Morgan fingerprint density at radius 1 is 1.26 bits per heavy atom. The fraction of sp³-hybridized carbons (Fsp3) is 0.111. The standard InChI is InChI=1S/C9H6Cl2N4O3S/c10-3-1-4(11)7-8(15-19-14-7)6(3)13-9(18)12-2-5(16)17/h1H,2H2,(H,16,17)(H2,12,13,18). The number of aromatic nitrogens is 2. The number of carbonyl (C=O) groups is 2. The van der Waals surface area contributed by atoms with Crippen LogP contribution in [0.25, 0.3) is 11.0 Å². The van der Waals surface area contributed by atoms with Gasteiger partial charge in [0.05, 0.1) is 27.5 Å². The van der Waals surface area contributed by atoms with Crippen LogP contribution in [0.3, 0.4) is 0 Å². The van der Waals surface area contributed by atoms with E-state index in [2.05, 4.69) is 19.4 Å². The second kappa shape index (κ2) is 5.55. The Kier molecular flexibility index (Phi) is 4.03. The minimum absolute atomic E-state index is 0.190. The van der Waals surface area contributed by atoms with Gasteiger partial charge in [-0.05, 0) is 6.07 Å². The number of aliphatic carboxylic acids is 1. The highest BCUT2D eigenvalue weighted by Gasteiger charge is 2.16. The molecule has 0 unspecified atom stereocenters. The van der Waals surface area contributed by atoms with Crippen LogP contribution in [0.4, 0.5) is 10.5 Å². The molecule has 19 heavy (non-hydrogen) atoms. The van der Waals surface area contributed by atoms with Crippen LogP contribution < -0.4 is 10.6 Å². The summed E-state index contributed by atoms with van der Waals surface area (Å²) in [6.07, 6.45) is 0. The second-order valence-corrected chi connectivity index (χ2v) is 4.72. The summed E-state index contributed by atoms with van der Waals surface area (Å²) >= 11 is 12.8.